The lowest BCUT2D eigenvalue weighted by atomic mass is 9.57. The fourth-order valence-electron chi connectivity index (χ4n) is 5.76. The van der Waals surface area contributed by atoms with Crippen LogP contribution in [0.2, 0.25) is 0 Å². The molecule has 148 valence electrons. The SMILES string of the molecule is C[C@]12C=CC3=C4CCC(=O)C=C4CCC3C1CC[C@@]2(O)C(F)(F)C(F)(F)F. The normalized spacial score (nSPS) is 39.1. The van der Waals surface area contributed by atoms with Gasteiger partial charge >= 0.3 is 12.1 Å². The highest BCUT2D eigenvalue weighted by Gasteiger charge is 2.78. The highest BCUT2D eigenvalue weighted by molar-refractivity contribution is 5.93. The molecule has 1 N–H and O–H groups in total. The summed E-state index contributed by atoms with van der Waals surface area (Å²) in [6, 6.07) is 0. The van der Waals surface area contributed by atoms with Gasteiger partial charge in [0.15, 0.2) is 5.78 Å². The van der Waals surface area contributed by atoms with Crippen molar-refractivity contribution >= 4 is 5.78 Å². The van der Waals surface area contributed by atoms with E-state index in [0.29, 0.717) is 25.7 Å². The van der Waals surface area contributed by atoms with E-state index in [0.717, 1.165) is 16.7 Å². The Morgan fingerprint density at radius 2 is 1.81 bits per heavy atom. The van der Waals surface area contributed by atoms with Crippen LogP contribution < -0.4 is 0 Å². The van der Waals surface area contributed by atoms with Gasteiger partial charge in [-0.15, -0.1) is 0 Å². The minimum absolute atomic E-state index is 0.0671. The zero-order valence-electron chi connectivity index (χ0n) is 14.9. The number of carbonyl (C=O) groups excluding carboxylic acids is 1. The summed E-state index contributed by atoms with van der Waals surface area (Å²) in [6.45, 7) is 1.33. The van der Waals surface area contributed by atoms with E-state index in [2.05, 4.69) is 0 Å². The molecule has 0 heterocycles. The van der Waals surface area contributed by atoms with Crippen LogP contribution in [0.3, 0.4) is 0 Å². The molecule has 0 aromatic heterocycles. The molecule has 0 radical (unpaired) electrons. The van der Waals surface area contributed by atoms with Crippen molar-refractivity contribution in [3.05, 3.63) is 34.9 Å². The van der Waals surface area contributed by atoms with Crippen LogP contribution >= 0.6 is 0 Å². The van der Waals surface area contributed by atoms with Gasteiger partial charge in [-0.3, -0.25) is 4.79 Å². The Labute approximate surface area is 153 Å². The Hall–Kier alpha value is -1.50. The van der Waals surface area contributed by atoms with Crippen molar-refractivity contribution in [3.63, 3.8) is 0 Å². The highest BCUT2D eigenvalue weighted by atomic mass is 19.4. The molecule has 0 bridgehead atoms. The molecule has 0 aromatic carbocycles. The van der Waals surface area contributed by atoms with Gasteiger partial charge in [0.25, 0.3) is 0 Å². The number of hydrogen-bond acceptors (Lipinski definition) is 2. The molecule has 4 aliphatic rings. The summed E-state index contributed by atoms with van der Waals surface area (Å²) in [6.07, 6.45) is 0.511. The van der Waals surface area contributed by atoms with Crippen LogP contribution in [-0.4, -0.2) is 28.6 Å². The Balaban J connectivity index is 1.81. The summed E-state index contributed by atoms with van der Waals surface area (Å²) in [5, 5.41) is 10.7. The van der Waals surface area contributed by atoms with E-state index in [-0.39, 0.29) is 18.1 Å². The van der Waals surface area contributed by atoms with Gasteiger partial charge < -0.3 is 5.11 Å². The Kier molecular flexibility index (Phi) is 3.85. The second kappa shape index (κ2) is 5.52. The predicted octanol–water partition coefficient (Wildman–Crippen LogP) is 4.90. The number of ketones is 1. The minimum atomic E-state index is -5.81. The smallest absolute Gasteiger partial charge is 0.382 e. The third-order valence-corrected chi connectivity index (χ3v) is 7.27. The van der Waals surface area contributed by atoms with Crippen molar-refractivity contribution in [3.8, 4) is 0 Å². The lowest BCUT2D eigenvalue weighted by Gasteiger charge is -2.50. The lowest BCUT2D eigenvalue weighted by Crippen LogP contribution is -2.64. The van der Waals surface area contributed by atoms with E-state index < -0.39 is 35.5 Å². The van der Waals surface area contributed by atoms with E-state index in [1.165, 1.54) is 13.0 Å². The summed E-state index contributed by atoms with van der Waals surface area (Å²) in [4.78, 5) is 11.7. The molecule has 0 aromatic rings. The fraction of sp³-hybridized carbons (Fsp3) is 0.650. The topological polar surface area (TPSA) is 37.3 Å². The van der Waals surface area contributed by atoms with Gasteiger partial charge in [0.05, 0.1) is 0 Å². The minimum Gasteiger partial charge on any atom is -0.382 e. The van der Waals surface area contributed by atoms with Crippen LogP contribution in [0.4, 0.5) is 22.0 Å². The maximum atomic E-state index is 14.3. The molecule has 4 rings (SSSR count). The summed E-state index contributed by atoms with van der Waals surface area (Å²) >= 11 is 0. The number of hydrogen-bond donors (Lipinski definition) is 1. The third kappa shape index (κ3) is 2.30. The maximum absolute atomic E-state index is 14.3. The second-order valence-electron chi connectivity index (χ2n) is 8.41. The molecule has 0 amide bonds. The standard InChI is InChI=1S/C20H21F5O2/c1-17-8-6-14-13-5-3-12(26)10-11(13)2-4-15(14)16(17)7-9-18(17,27)19(21,22)20(23,24)25/h6,8,10,15-16,27H,2-5,7,9H2,1H3/t15?,16?,17-,18-/m0/s1. The van der Waals surface area contributed by atoms with Crippen molar-refractivity contribution in [2.75, 3.05) is 0 Å². The first-order valence-electron chi connectivity index (χ1n) is 9.25. The molecule has 0 spiro atoms. The quantitative estimate of drug-likeness (QED) is 0.649. The predicted molar refractivity (Wildman–Crippen MR) is 88.0 cm³/mol. The molecular formula is C20H21F5O2. The summed E-state index contributed by atoms with van der Waals surface area (Å²) < 4.78 is 67.8. The maximum Gasteiger partial charge on any atom is 0.456 e. The average molecular weight is 388 g/mol. The first-order valence-corrected chi connectivity index (χ1v) is 9.25. The first kappa shape index (κ1) is 18.8. The van der Waals surface area contributed by atoms with Crippen molar-refractivity contribution < 1.29 is 31.9 Å². The van der Waals surface area contributed by atoms with E-state index in [9.17, 15) is 31.9 Å². The second-order valence-corrected chi connectivity index (χ2v) is 8.41. The van der Waals surface area contributed by atoms with E-state index in [1.54, 1.807) is 12.2 Å². The van der Waals surface area contributed by atoms with Gasteiger partial charge in [-0.05, 0) is 66.7 Å². The molecule has 0 aliphatic heterocycles. The fourth-order valence-corrected chi connectivity index (χ4v) is 5.76. The van der Waals surface area contributed by atoms with Gasteiger partial charge in [0.1, 0.15) is 5.60 Å². The molecule has 1 fully saturated rings. The van der Waals surface area contributed by atoms with Gasteiger partial charge in [-0.2, -0.15) is 22.0 Å². The molecule has 2 unspecified atom stereocenters. The number of rotatable bonds is 1. The average Bonchev–Trinajstić information content (AvgIpc) is 2.86. The molecule has 2 nitrogen and oxygen atoms in total. The molecule has 1 saturated carbocycles. The van der Waals surface area contributed by atoms with Gasteiger partial charge in [0.2, 0.25) is 0 Å². The van der Waals surface area contributed by atoms with Gasteiger partial charge in [-0.1, -0.05) is 19.1 Å². The Morgan fingerprint density at radius 1 is 1.11 bits per heavy atom. The van der Waals surface area contributed by atoms with Crippen LogP contribution in [0.25, 0.3) is 0 Å². The molecule has 7 heteroatoms. The van der Waals surface area contributed by atoms with E-state index in [1.807, 2.05) is 0 Å². The molecular weight excluding hydrogens is 367 g/mol. The Bertz CT molecular complexity index is 791. The number of alkyl halides is 5. The molecule has 4 atom stereocenters. The van der Waals surface area contributed by atoms with Crippen LogP contribution in [-0.2, 0) is 4.79 Å². The van der Waals surface area contributed by atoms with Crippen molar-refractivity contribution in [1.82, 2.24) is 0 Å². The van der Waals surface area contributed by atoms with Gasteiger partial charge in [-0.25, -0.2) is 0 Å². The van der Waals surface area contributed by atoms with E-state index in [4.69, 9.17) is 0 Å². The van der Waals surface area contributed by atoms with Crippen LogP contribution in [0.15, 0.2) is 34.9 Å². The van der Waals surface area contributed by atoms with Crippen LogP contribution in [0, 0.1) is 17.3 Å². The van der Waals surface area contributed by atoms with Crippen molar-refractivity contribution in [1.29, 1.82) is 0 Å². The number of halogens is 5. The zero-order valence-corrected chi connectivity index (χ0v) is 14.9. The van der Waals surface area contributed by atoms with Crippen LogP contribution in [0.1, 0.15) is 45.4 Å². The number of allylic oxidation sites excluding steroid dienone is 5. The summed E-state index contributed by atoms with van der Waals surface area (Å²) in [5.41, 5.74) is -1.88. The monoisotopic (exact) mass is 388 g/mol. The summed E-state index contributed by atoms with van der Waals surface area (Å²) in [7, 11) is 0. The van der Waals surface area contributed by atoms with Crippen LogP contribution in [0.5, 0.6) is 0 Å². The number of carbonyl (C=O) groups is 1. The first-order chi connectivity index (χ1) is 12.4. The number of aliphatic hydroxyl groups is 1. The Morgan fingerprint density at radius 3 is 2.48 bits per heavy atom. The molecule has 27 heavy (non-hydrogen) atoms. The zero-order chi connectivity index (χ0) is 19.8. The number of fused-ring (bicyclic) bond motifs is 4. The largest absolute Gasteiger partial charge is 0.456 e. The van der Waals surface area contributed by atoms with Crippen molar-refractivity contribution in [2.24, 2.45) is 17.3 Å². The summed E-state index contributed by atoms with van der Waals surface area (Å²) in [5.74, 6) is -5.77. The van der Waals surface area contributed by atoms with Gasteiger partial charge in [0, 0.05) is 11.8 Å². The highest BCUT2D eigenvalue weighted by Crippen LogP contribution is 2.66. The lowest BCUT2D eigenvalue weighted by molar-refractivity contribution is -0.356. The molecule has 0 saturated heterocycles. The van der Waals surface area contributed by atoms with E-state index >= 15 is 0 Å². The molecule has 4 aliphatic carbocycles. The van der Waals surface area contributed by atoms with Crippen molar-refractivity contribution in [2.45, 2.75) is 63.1 Å². The third-order valence-electron chi connectivity index (χ3n) is 7.27.